The van der Waals surface area contributed by atoms with E-state index in [0.717, 1.165) is 52.1 Å². The molecule has 7 heteroatoms. The smallest absolute Gasteiger partial charge is 0.176 e. The van der Waals surface area contributed by atoms with Gasteiger partial charge in [0.25, 0.3) is 0 Å². The van der Waals surface area contributed by atoms with Crippen LogP contribution in [0, 0.1) is 0 Å². The highest BCUT2D eigenvalue weighted by Crippen LogP contribution is 2.34. The van der Waals surface area contributed by atoms with Crippen LogP contribution in [0.4, 0.5) is 0 Å². The van der Waals surface area contributed by atoms with Gasteiger partial charge in [-0.15, -0.1) is 0 Å². The molecule has 0 bridgehead atoms. The fraction of sp³-hybridized carbons (Fsp3) is 0.267. The first-order valence-corrected chi connectivity index (χ1v) is 13.6. The molecule has 0 saturated carbocycles. The Labute approximate surface area is 232 Å². The van der Waals surface area contributed by atoms with E-state index in [-0.39, 0.29) is 24.4 Å². The Balaban J connectivity index is 1.40. The van der Waals surface area contributed by atoms with E-state index in [1.165, 1.54) is 0 Å². The lowest BCUT2D eigenvalue weighted by molar-refractivity contribution is 0.0935. The van der Waals surface area contributed by atoms with Gasteiger partial charge in [0.15, 0.2) is 5.78 Å². The number of nitrogens with zero attached hydrogens (tertiary/aromatic N) is 2. The van der Waals surface area contributed by atoms with Gasteiger partial charge in [0.1, 0.15) is 0 Å². The summed E-state index contributed by atoms with van der Waals surface area (Å²) in [4.78, 5) is 20.2. The van der Waals surface area contributed by atoms with Crippen molar-refractivity contribution in [3.05, 3.63) is 110 Å². The van der Waals surface area contributed by atoms with Crippen molar-refractivity contribution in [2.24, 2.45) is 0 Å². The number of hydrogen-bond donors (Lipinski definition) is 1. The van der Waals surface area contributed by atoms with Gasteiger partial charge >= 0.3 is 0 Å². The number of rotatable bonds is 8. The maximum absolute atomic E-state index is 12.9. The number of hydrogen-bond acceptors (Lipinski definition) is 4. The van der Waals surface area contributed by atoms with Gasteiger partial charge in [-0.05, 0) is 36.1 Å². The van der Waals surface area contributed by atoms with E-state index < -0.39 is 0 Å². The molecule has 2 unspecified atom stereocenters. The fourth-order valence-corrected chi connectivity index (χ4v) is 5.65. The molecule has 1 N–H and O–H groups in total. The summed E-state index contributed by atoms with van der Waals surface area (Å²) in [5.74, 6) is 0.251. The molecule has 2 atom stereocenters. The second-order valence-electron chi connectivity index (χ2n) is 9.58. The highest BCUT2D eigenvalue weighted by atomic mass is 35.5. The molecule has 4 aromatic rings. The van der Waals surface area contributed by atoms with Crippen molar-refractivity contribution in [3.63, 3.8) is 0 Å². The third-order valence-corrected chi connectivity index (χ3v) is 8.30. The molecular formula is C30H28Cl3N3O. The lowest BCUT2D eigenvalue weighted by Gasteiger charge is -2.37. The summed E-state index contributed by atoms with van der Waals surface area (Å²) in [6, 6.07) is 23.2. The molecule has 0 spiro atoms. The number of fused-ring (bicyclic) bond motifs is 2. The predicted molar refractivity (Wildman–Crippen MR) is 153 cm³/mol. The summed E-state index contributed by atoms with van der Waals surface area (Å²) >= 11 is 19.4. The number of ketones is 1. The Bertz CT molecular complexity index is 1430. The van der Waals surface area contributed by atoms with Crippen LogP contribution in [0.1, 0.15) is 46.4 Å². The summed E-state index contributed by atoms with van der Waals surface area (Å²) in [5, 5.41) is 6.38. The Morgan fingerprint density at radius 1 is 1.00 bits per heavy atom. The standard InChI is InChI=1S/C30H28Cl3N3O/c1-19(21-11-12-24(31)25(32)16-21)15-29(34-17-28(37)20-7-3-2-4-8-20)36-14-13-27-23(18-36)30(33)22-9-5-6-10-26(22)35-27/h2-12,16,19,29,34H,13-15,17-18H2,1H3. The van der Waals surface area contributed by atoms with Crippen LogP contribution in [0.3, 0.4) is 0 Å². The Kier molecular flexibility index (Phi) is 8.13. The van der Waals surface area contributed by atoms with Crippen LogP contribution in [0.5, 0.6) is 0 Å². The number of carbonyl (C=O) groups excluding carboxylic acids is 1. The van der Waals surface area contributed by atoms with Crippen molar-refractivity contribution in [2.45, 2.75) is 38.4 Å². The summed E-state index contributed by atoms with van der Waals surface area (Å²) in [6.45, 7) is 3.90. The van der Waals surface area contributed by atoms with E-state index >= 15 is 0 Å². The normalized spacial score (nSPS) is 15.4. The SMILES string of the molecule is CC(CC(NCC(=O)c1ccccc1)N1CCc2nc3ccccc3c(Cl)c2C1)c1ccc(Cl)c(Cl)c1. The van der Waals surface area contributed by atoms with Crippen molar-refractivity contribution < 1.29 is 4.79 Å². The van der Waals surface area contributed by atoms with Crippen LogP contribution in [0.25, 0.3) is 10.9 Å². The fourth-order valence-electron chi connectivity index (χ4n) is 5.01. The summed E-state index contributed by atoms with van der Waals surface area (Å²) in [7, 11) is 0. The molecule has 1 aromatic heterocycles. The predicted octanol–water partition coefficient (Wildman–Crippen LogP) is 7.55. The number of aromatic nitrogens is 1. The Morgan fingerprint density at radius 3 is 2.54 bits per heavy atom. The van der Waals surface area contributed by atoms with Crippen LogP contribution in [-0.2, 0) is 13.0 Å². The molecule has 0 fully saturated rings. The molecule has 2 heterocycles. The Hall–Kier alpha value is -2.47. The minimum atomic E-state index is -0.0483. The molecule has 1 aliphatic rings. The molecule has 0 amide bonds. The van der Waals surface area contributed by atoms with Gasteiger partial charge in [0.2, 0.25) is 0 Å². The van der Waals surface area contributed by atoms with Crippen molar-refractivity contribution in [3.8, 4) is 0 Å². The first kappa shape index (κ1) is 26.1. The van der Waals surface area contributed by atoms with E-state index in [4.69, 9.17) is 39.8 Å². The molecule has 4 nitrogen and oxygen atoms in total. The zero-order valence-corrected chi connectivity index (χ0v) is 22.8. The largest absolute Gasteiger partial charge is 0.294 e. The highest BCUT2D eigenvalue weighted by molar-refractivity contribution is 6.42. The average molecular weight is 553 g/mol. The topological polar surface area (TPSA) is 45.2 Å². The first-order chi connectivity index (χ1) is 17.9. The molecule has 0 aliphatic carbocycles. The van der Waals surface area contributed by atoms with Gasteiger partial charge in [-0.1, -0.05) is 96.3 Å². The monoisotopic (exact) mass is 551 g/mol. The summed E-state index contributed by atoms with van der Waals surface area (Å²) < 4.78 is 0. The van der Waals surface area contributed by atoms with Gasteiger partial charge in [0, 0.05) is 41.7 Å². The second kappa shape index (κ2) is 11.5. The molecular weight excluding hydrogens is 525 g/mol. The maximum atomic E-state index is 12.9. The minimum Gasteiger partial charge on any atom is -0.294 e. The lowest BCUT2D eigenvalue weighted by Crippen LogP contribution is -2.50. The number of para-hydroxylation sites is 1. The zero-order chi connectivity index (χ0) is 25.9. The van der Waals surface area contributed by atoms with E-state index in [9.17, 15) is 4.79 Å². The van der Waals surface area contributed by atoms with E-state index in [1.807, 2.05) is 72.8 Å². The molecule has 37 heavy (non-hydrogen) atoms. The molecule has 3 aromatic carbocycles. The minimum absolute atomic E-state index is 0.0483. The van der Waals surface area contributed by atoms with E-state index in [0.29, 0.717) is 22.2 Å². The summed E-state index contributed by atoms with van der Waals surface area (Å²) in [6.07, 6.45) is 1.53. The average Bonchev–Trinajstić information content (AvgIpc) is 2.92. The van der Waals surface area contributed by atoms with Crippen molar-refractivity contribution in [1.29, 1.82) is 0 Å². The molecule has 5 rings (SSSR count). The second-order valence-corrected chi connectivity index (χ2v) is 10.8. The van der Waals surface area contributed by atoms with Crippen LogP contribution in [-0.4, -0.2) is 34.9 Å². The quantitative estimate of drug-likeness (QED) is 0.229. The molecule has 1 aliphatic heterocycles. The number of carbonyl (C=O) groups is 1. The zero-order valence-electron chi connectivity index (χ0n) is 20.6. The Morgan fingerprint density at radius 2 is 1.76 bits per heavy atom. The number of benzene rings is 3. The van der Waals surface area contributed by atoms with Crippen molar-refractivity contribution in [2.75, 3.05) is 13.1 Å². The van der Waals surface area contributed by atoms with Gasteiger partial charge in [0.05, 0.1) is 33.3 Å². The molecule has 190 valence electrons. The molecule has 0 saturated heterocycles. The third-order valence-electron chi connectivity index (χ3n) is 7.13. The number of pyridine rings is 1. The van der Waals surface area contributed by atoms with Gasteiger partial charge < -0.3 is 0 Å². The van der Waals surface area contributed by atoms with Crippen LogP contribution < -0.4 is 5.32 Å². The highest BCUT2D eigenvalue weighted by Gasteiger charge is 2.28. The number of halogens is 3. The van der Waals surface area contributed by atoms with Crippen molar-refractivity contribution >= 4 is 51.5 Å². The van der Waals surface area contributed by atoms with Gasteiger partial charge in [-0.2, -0.15) is 0 Å². The molecule has 0 radical (unpaired) electrons. The number of Topliss-reactive ketones (excluding diaryl/α,β-unsaturated/α-hetero) is 1. The van der Waals surface area contributed by atoms with E-state index in [1.54, 1.807) is 0 Å². The summed E-state index contributed by atoms with van der Waals surface area (Å²) in [5.41, 5.74) is 4.86. The maximum Gasteiger partial charge on any atom is 0.176 e. The van der Waals surface area contributed by atoms with Crippen LogP contribution >= 0.6 is 34.8 Å². The van der Waals surface area contributed by atoms with Gasteiger partial charge in [-0.25, -0.2) is 0 Å². The number of nitrogens with one attached hydrogen (secondary N) is 1. The van der Waals surface area contributed by atoms with Gasteiger partial charge in [-0.3, -0.25) is 20.0 Å². The van der Waals surface area contributed by atoms with Crippen molar-refractivity contribution in [1.82, 2.24) is 15.2 Å². The van der Waals surface area contributed by atoms with E-state index in [2.05, 4.69) is 17.1 Å². The third kappa shape index (κ3) is 5.84. The lowest BCUT2D eigenvalue weighted by atomic mass is 9.94. The van der Waals surface area contributed by atoms with Crippen LogP contribution in [0.2, 0.25) is 15.1 Å². The first-order valence-electron chi connectivity index (χ1n) is 12.5. The van der Waals surface area contributed by atoms with Crippen LogP contribution in [0.15, 0.2) is 72.8 Å².